The molecule has 0 unspecified atom stereocenters. The molecule has 1 amide bonds. The van der Waals surface area contributed by atoms with Crippen molar-refractivity contribution < 1.29 is 19.6 Å². The third-order valence-corrected chi connectivity index (χ3v) is 7.01. The number of nitrogens with zero attached hydrogens (tertiary/aromatic N) is 4. The van der Waals surface area contributed by atoms with Crippen molar-refractivity contribution in [2.75, 3.05) is 0 Å². The van der Waals surface area contributed by atoms with Gasteiger partial charge in [0.15, 0.2) is 0 Å². The molecule has 0 aliphatic carbocycles. The topological polar surface area (TPSA) is 119 Å². The molecule has 1 aromatic heterocycles. The summed E-state index contributed by atoms with van der Waals surface area (Å²) in [5, 5.41) is 21.3. The predicted molar refractivity (Wildman–Crippen MR) is 140 cm³/mol. The van der Waals surface area contributed by atoms with E-state index in [1.165, 1.54) is 11.0 Å². The number of aliphatic carboxylic acids is 1. The van der Waals surface area contributed by atoms with Crippen LogP contribution in [-0.2, 0) is 29.1 Å². The second-order valence-corrected chi connectivity index (χ2v) is 9.42. The van der Waals surface area contributed by atoms with Crippen LogP contribution in [0.5, 0.6) is 0 Å². The van der Waals surface area contributed by atoms with E-state index in [1.54, 1.807) is 25.4 Å². The molecule has 1 aliphatic rings. The molecule has 38 heavy (non-hydrogen) atoms. The Labute approximate surface area is 219 Å². The highest BCUT2D eigenvalue weighted by atomic mass is 16.6. The van der Waals surface area contributed by atoms with E-state index in [0.29, 0.717) is 17.8 Å². The number of benzene rings is 3. The normalized spacial score (nSPS) is 14.8. The lowest BCUT2D eigenvalue weighted by Crippen LogP contribution is -2.50. The van der Waals surface area contributed by atoms with E-state index in [0.717, 1.165) is 22.4 Å². The molecule has 5 rings (SSSR count). The smallest absolute Gasteiger partial charge is 0.326 e. The summed E-state index contributed by atoms with van der Waals surface area (Å²) in [6, 6.07) is 22.6. The number of aryl methyl sites for hydroxylation is 1. The standard InChI is InChI=1S/C29H26N4O5/c1-19-14-20(12-13-24(19)33(37)38)16-31-18-30-23-17-32(26(29(35)36)15-25(23)31)28(34)27(21-8-4-2-5-9-21)22-10-6-3-7-11-22/h2-14,18,26-27H,15-17H2,1H3,(H,35,36)/t26-/m0/s1. The number of nitro groups is 1. The van der Waals surface area contributed by atoms with Gasteiger partial charge in [0.25, 0.3) is 5.69 Å². The maximum Gasteiger partial charge on any atom is 0.326 e. The van der Waals surface area contributed by atoms with Gasteiger partial charge < -0.3 is 14.6 Å². The fourth-order valence-electron chi connectivity index (χ4n) is 5.12. The Kier molecular flexibility index (Phi) is 6.74. The molecular formula is C29H26N4O5. The van der Waals surface area contributed by atoms with E-state index in [1.807, 2.05) is 65.2 Å². The number of fused-ring (bicyclic) bond motifs is 1. The average Bonchev–Trinajstić information content (AvgIpc) is 3.30. The van der Waals surface area contributed by atoms with Gasteiger partial charge in [-0.1, -0.05) is 66.7 Å². The third kappa shape index (κ3) is 4.78. The zero-order valence-electron chi connectivity index (χ0n) is 20.7. The molecule has 1 N–H and O–H groups in total. The fraction of sp³-hybridized carbons (Fsp3) is 0.207. The lowest BCUT2D eigenvalue weighted by molar-refractivity contribution is -0.385. The van der Waals surface area contributed by atoms with Crippen LogP contribution in [-0.4, -0.2) is 42.4 Å². The van der Waals surface area contributed by atoms with Crippen LogP contribution in [0.3, 0.4) is 0 Å². The maximum atomic E-state index is 14.0. The average molecular weight is 511 g/mol. The van der Waals surface area contributed by atoms with Crippen molar-refractivity contribution in [3.63, 3.8) is 0 Å². The van der Waals surface area contributed by atoms with Crippen LogP contribution in [0.1, 0.15) is 39.6 Å². The van der Waals surface area contributed by atoms with Gasteiger partial charge in [-0.25, -0.2) is 9.78 Å². The largest absolute Gasteiger partial charge is 0.480 e. The van der Waals surface area contributed by atoms with Gasteiger partial charge in [0.05, 0.1) is 29.4 Å². The van der Waals surface area contributed by atoms with Crippen LogP contribution in [0.25, 0.3) is 0 Å². The molecule has 4 aromatic rings. The first-order valence-corrected chi connectivity index (χ1v) is 12.2. The van der Waals surface area contributed by atoms with Crippen molar-refractivity contribution >= 4 is 17.6 Å². The van der Waals surface area contributed by atoms with Gasteiger partial charge in [-0.3, -0.25) is 14.9 Å². The Morgan fingerprint density at radius 3 is 2.24 bits per heavy atom. The Morgan fingerprint density at radius 1 is 1.05 bits per heavy atom. The summed E-state index contributed by atoms with van der Waals surface area (Å²) >= 11 is 0. The van der Waals surface area contributed by atoms with Crippen molar-refractivity contribution in [2.24, 2.45) is 0 Å². The van der Waals surface area contributed by atoms with Crippen molar-refractivity contribution in [2.45, 2.75) is 38.4 Å². The van der Waals surface area contributed by atoms with Crippen molar-refractivity contribution in [1.29, 1.82) is 0 Å². The van der Waals surface area contributed by atoms with E-state index >= 15 is 0 Å². The molecule has 9 heteroatoms. The van der Waals surface area contributed by atoms with Crippen LogP contribution in [0.15, 0.2) is 85.2 Å². The number of nitro benzene ring substituents is 1. The summed E-state index contributed by atoms with van der Waals surface area (Å²) in [6.07, 6.45) is 1.75. The van der Waals surface area contributed by atoms with Gasteiger partial charge in [-0.2, -0.15) is 0 Å². The number of imidazole rings is 1. The monoisotopic (exact) mass is 510 g/mol. The van der Waals surface area contributed by atoms with E-state index in [-0.39, 0.29) is 24.6 Å². The van der Waals surface area contributed by atoms with Crippen molar-refractivity contribution in [3.05, 3.63) is 129 Å². The lowest BCUT2D eigenvalue weighted by atomic mass is 9.88. The zero-order chi connectivity index (χ0) is 26.8. The van der Waals surface area contributed by atoms with Gasteiger partial charge in [0.2, 0.25) is 5.91 Å². The molecule has 9 nitrogen and oxygen atoms in total. The zero-order valence-corrected chi connectivity index (χ0v) is 20.7. The van der Waals surface area contributed by atoms with E-state index < -0.39 is 22.9 Å². The number of carboxylic acid groups (broad SMARTS) is 1. The van der Waals surface area contributed by atoms with Gasteiger partial charge in [-0.05, 0) is 29.7 Å². The van der Waals surface area contributed by atoms with Crippen LogP contribution in [0, 0.1) is 17.0 Å². The second kappa shape index (κ2) is 10.3. The Bertz CT molecular complexity index is 1460. The summed E-state index contributed by atoms with van der Waals surface area (Å²) in [6.45, 7) is 2.15. The van der Waals surface area contributed by atoms with Crippen LogP contribution < -0.4 is 0 Å². The highest BCUT2D eigenvalue weighted by molar-refractivity contribution is 5.91. The summed E-state index contributed by atoms with van der Waals surface area (Å²) in [4.78, 5) is 43.1. The molecule has 3 aromatic carbocycles. The quantitative estimate of drug-likeness (QED) is 0.292. The van der Waals surface area contributed by atoms with E-state index in [4.69, 9.17) is 0 Å². The minimum absolute atomic E-state index is 0.0490. The third-order valence-electron chi connectivity index (χ3n) is 7.01. The molecule has 0 saturated heterocycles. The molecule has 0 fully saturated rings. The van der Waals surface area contributed by atoms with Gasteiger partial charge in [0.1, 0.15) is 6.04 Å². The van der Waals surface area contributed by atoms with Gasteiger partial charge in [-0.15, -0.1) is 0 Å². The minimum Gasteiger partial charge on any atom is -0.480 e. The second-order valence-electron chi connectivity index (χ2n) is 9.42. The van der Waals surface area contributed by atoms with Crippen molar-refractivity contribution in [3.8, 4) is 0 Å². The van der Waals surface area contributed by atoms with Crippen LogP contribution in [0.4, 0.5) is 5.69 Å². The number of carboxylic acids is 1. The first kappa shape index (κ1) is 24.9. The Hall–Kier alpha value is -4.79. The number of hydrogen-bond donors (Lipinski definition) is 1. The SMILES string of the molecule is Cc1cc(Cn2cnc3c2C[C@@H](C(=O)O)N(C(=O)C(c2ccccc2)c2ccccc2)C3)ccc1[N+](=O)[O-]. The Morgan fingerprint density at radius 2 is 1.68 bits per heavy atom. The van der Waals surface area contributed by atoms with Gasteiger partial charge >= 0.3 is 5.97 Å². The number of carbonyl (C=O) groups excluding carboxylic acids is 1. The number of carbonyl (C=O) groups is 2. The highest BCUT2D eigenvalue weighted by Crippen LogP contribution is 2.32. The summed E-state index contributed by atoms with van der Waals surface area (Å²) in [5.41, 5.74) is 4.41. The van der Waals surface area contributed by atoms with Crippen LogP contribution >= 0.6 is 0 Å². The molecule has 192 valence electrons. The van der Waals surface area contributed by atoms with Crippen LogP contribution in [0.2, 0.25) is 0 Å². The van der Waals surface area contributed by atoms with E-state index in [9.17, 15) is 24.8 Å². The first-order chi connectivity index (χ1) is 18.3. The molecule has 2 heterocycles. The molecule has 0 saturated carbocycles. The molecule has 1 aliphatic heterocycles. The number of aromatic nitrogens is 2. The Balaban J connectivity index is 1.46. The molecular weight excluding hydrogens is 484 g/mol. The van der Waals surface area contributed by atoms with Crippen molar-refractivity contribution in [1.82, 2.24) is 14.5 Å². The number of hydrogen-bond acceptors (Lipinski definition) is 5. The van der Waals surface area contributed by atoms with Gasteiger partial charge in [0, 0.05) is 30.3 Å². The summed E-state index contributed by atoms with van der Waals surface area (Å²) in [5.74, 6) is -2.02. The summed E-state index contributed by atoms with van der Waals surface area (Å²) in [7, 11) is 0. The first-order valence-electron chi connectivity index (χ1n) is 12.2. The minimum atomic E-state index is -1.08. The molecule has 0 radical (unpaired) electrons. The number of amides is 1. The summed E-state index contributed by atoms with van der Waals surface area (Å²) < 4.78 is 1.86. The molecule has 0 spiro atoms. The highest BCUT2D eigenvalue weighted by Gasteiger charge is 2.40. The maximum absolute atomic E-state index is 14.0. The fourth-order valence-corrected chi connectivity index (χ4v) is 5.12. The van der Waals surface area contributed by atoms with E-state index in [2.05, 4.69) is 4.98 Å². The molecule has 1 atom stereocenters. The lowest BCUT2D eigenvalue weighted by Gasteiger charge is -2.35. The number of rotatable bonds is 7. The molecule has 0 bridgehead atoms. The predicted octanol–water partition coefficient (Wildman–Crippen LogP) is 4.32.